The Morgan fingerprint density at radius 3 is 3.00 bits per heavy atom. The second-order valence-electron chi connectivity index (χ2n) is 3.72. The van der Waals surface area contributed by atoms with Crippen molar-refractivity contribution in [2.24, 2.45) is 5.73 Å². The molecule has 0 amide bonds. The molecule has 1 unspecified atom stereocenters. The second-order valence-corrected chi connectivity index (χ2v) is 3.72. The summed E-state index contributed by atoms with van der Waals surface area (Å²) in [6.07, 6.45) is 5.84. The summed E-state index contributed by atoms with van der Waals surface area (Å²) in [5.74, 6) is 0. The number of hydrogen-bond donors (Lipinski definition) is 1. The van der Waals surface area contributed by atoms with E-state index in [1.165, 1.54) is 19.4 Å². The van der Waals surface area contributed by atoms with E-state index in [4.69, 9.17) is 5.73 Å². The molecule has 0 aromatic rings. The fourth-order valence-corrected chi connectivity index (χ4v) is 1.65. The summed E-state index contributed by atoms with van der Waals surface area (Å²) in [5.41, 5.74) is 7.06. The maximum Gasteiger partial charge on any atom is 0.0101 e. The average molecular weight is 168 g/mol. The molecule has 70 valence electrons. The average Bonchev–Trinajstić information content (AvgIpc) is 2.07. The van der Waals surface area contributed by atoms with Gasteiger partial charge >= 0.3 is 0 Å². The first kappa shape index (κ1) is 9.75. The number of likely N-dealkylation sites (tertiary alicyclic amines) is 1. The van der Waals surface area contributed by atoms with Gasteiger partial charge in [0, 0.05) is 12.6 Å². The van der Waals surface area contributed by atoms with Crippen molar-refractivity contribution < 1.29 is 0 Å². The lowest BCUT2D eigenvalue weighted by Gasteiger charge is -2.31. The highest BCUT2D eigenvalue weighted by atomic mass is 15.1. The monoisotopic (exact) mass is 168 g/mol. The van der Waals surface area contributed by atoms with E-state index in [9.17, 15) is 0 Å². The molecule has 12 heavy (non-hydrogen) atoms. The zero-order valence-electron chi connectivity index (χ0n) is 8.21. The van der Waals surface area contributed by atoms with Crippen molar-refractivity contribution in [3.05, 3.63) is 11.6 Å². The van der Waals surface area contributed by atoms with Gasteiger partial charge in [-0.15, -0.1) is 0 Å². The Bertz CT molecular complexity index is 163. The first-order chi connectivity index (χ1) is 5.74. The molecule has 0 radical (unpaired) electrons. The maximum atomic E-state index is 5.45. The van der Waals surface area contributed by atoms with Crippen molar-refractivity contribution >= 4 is 0 Å². The molecule has 2 heteroatoms. The van der Waals surface area contributed by atoms with E-state index in [0.29, 0.717) is 6.04 Å². The molecule has 0 bridgehead atoms. The van der Waals surface area contributed by atoms with Crippen LogP contribution in [0.1, 0.15) is 26.2 Å². The molecule has 1 atom stereocenters. The van der Waals surface area contributed by atoms with Crippen LogP contribution in [0.5, 0.6) is 0 Å². The van der Waals surface area contributed by atoms with Crippen LogP contribution in [0.25, 0.3) is 0 Å². The van der Waals surface area contributed by atoms with Gasteiger partial charge in [0.1, 0.15) is 0 Å². The molecule has 0 aliphatic carbocycles. The van der Waals surface area contributed by atoms with Gasteiger partial charge in [0.15, 0.2) is 0 Å². The van der Waals surface area contributed by atoms with Crippen molar-refractivity contribution in [1.82, 2.24) is 4.90 Å². The Morgan fingerprint density at radius 1 is 1.67 bits per heavy atom. The maximum absolute atomic E-state index is 5.45. The van der Waals surface area contributed by atoms with Gasteiger partial charge in [0.05, 0.1) is 0 Å². The number of hydrogen-bond acceptors (Lipinski definition) is 2. The third-order valence-electron chi connectivity index (χ3n) is 2.70. The van der Waals surface area contributed by atoms with E-state index in [1.54, 1.807) is 5.57 Å². The SMILES string of the molecule is CC1CC(=CCCN)CCN1C. The molecule has 0 aromatic carbocycles. The normalized spacial score (nSPS) is 29.6. The summed E-state index contributed by atoms with van der Waals surface area (Å²) in [5, 5.41) is 0. The molecule has 1 fully saturated rings. The molecule has 0 aromatic heterocycles. The van der Waals surface area contributed by atoms with E-state index in [1.807, 2.05) is 0 Å². The molecular formula is C10H20N2. The first-order valence-electron chi connectivity index (χ1n) is 4.82. The smallest absolute Gasteiger partial charge is 0.0101 e. The van der Waals surface area contributed by atoms with Crippen LogP contribution in [-0.2, 0) is 0 Å². The van der Waals surface area contributed by atoms with Crippen LogP contribution in [0.3, 0.4) is 0 Å². The summed E-state index contributed by atoms with van der Waals surface area (Å²) in [6.45, 7) is 4.28. The minimum atomic E-state index is 0.711. The van der Waals surface area contributed by atoms with Crippen molar-refractivity contribution in [1.29, 1.82) is 0 Å². The molecule has 2 N–H and O–H groups in total. The fourth-order valence-electron chi connectivity index (χ4n) is 1.65. The topological polar surface area (TPSA) is 29.3 Å². The predicted molar refractivity (Wildman–Crippen MR) is 53.1 cm³/mol. The lowest BCUT2D eigenvalue weighted by Crippen LogP contribution is -2.34. The summed E-state index contributed by atoms with van der Waals surface area (Å²) >= 11 is 0. The van der Waals surface area contributed by atoms with Crippen molar-refractivity contribution in [2.75, 3.05) is 20.1 Å². The highest BCUT2D eigenvalue weighted by Crippen LogP contribution is 2.20. The largest absolute Gasteiger partial charge is 0.330 e. The van der Waals surface area contributed by atoms with Crippen molar-refractivity contribution in [3.8, 4) is 0 Å². The first-order valence-corrected chi connectivity index (χ1v) is 4.82. The van der Waals surface area contributed by atoms with Crippen LogP contribution in [0, 0.1) is 0 Å². The van der Waals surface area contributed by atoms with Crippen LogP contribution < -0.4 is 5.73 Å². The third kappa shape index (κ3) is 2.61. The molecule has 1 heterocycles. The summed E-state index contributed by atoms with van der Waals surface area (Å²) in [7, 11) is 2.20. The fraction of sp³-hybridized carbons (Fsp3) is 0.800. The van der Waals surface area contributed by atoms with Crippen LogP contribution in [-0.4, -0.2) is 31.1 Å². The Morgan fingerprint density at radius 2 is 2.42 bits per heavy atom. The lowest BCUT2D eigenvalue weighted by atomic mass is 9.97. The Labute approximate surface area is 75.4 Å². The van der Waals surface area contributed by atoms with Crippen LogP contribution >= 0.6 is 0 Å². The van der Waals surface area contributed by atoms with Crippen LogP contribution in [0.4, 0.5) is 0 Å². The van der Waals surface area contributed by atoms with E-state index in [2.05, 4.69) is 24.9 Å². The summed E-state index contributed by atoms with van der Waals surface area (Å²) < 4.78 is 0. The quantitative estimate of drug-likeness (QED) is 0.631. The summed E-state index contributed by atoms with van der Waals surface area (Å²) in [4.78, 5) is 2.42. The van der Waals surface area contributed by atoms with Crippen molar-refractivity contribution in [3.63, 3.8) is 0 Å². The minimum Gasteiger partial charge on any atom is -0.330 e. The van der Waals surface area contributed by atoms with Crippen LogP contribution in [0.15, 0.2) is 11.6 Å². The van der Waals surface area contributed by atoms with Gasteiger partial charge < -0.3 is 10.6 Å². The highest BCUT2D eigenvalue weighted by molar-refractivity contribution is 5.07. The zero-order chi connectivity index (χ0) is 8.97. The highest BCUT2D eigenvalue weighted by Gasteiger charge is 2.16. The molecule has 0 saturated carbocycles. The Balaban J connectivity index is 2.39. The van der Waals surface area contributed by atoms with E-state index >= 15 is 0 Å². The number of nitrogens with two attached hydrogens (primary N) is 1. The van der Waals surface area contributed by atoms with E-state index in [-0.39, 0.29) is 0 Å². The second kappa shape index (κ2) is 4.63. The summed E-state index contributed by atoms with van der Waals surface area (Å²) in [6, 6.07) is 0.711. The minimum absolute atomic E-state index is 0.711. The molecule has 1 rings (SSSR count). The molecule has 1 aliphatic rings. The molecule has 1 saturated heterocycles. The van der Waals surface area contributed by atoms with Gasteiger partial charge in [0.25, 0.3) is 0 Å². The van der Waals surface area contributed by atoms with Gasteiger partial charge in [-0.05, 0) is 39.8 Å². The standard InChI is InChI=1S/C10H20N2/c1-9-8-10(4-3-6-11)5-7-12(9)2/h4,9H,3,5-8,11H2,1-2H3. The predicted octanol–water partition coefficient (Wildman–Crippen LogP) is 1.38. The zero-order valence-corrected chi connectivity index (χ0v) is 8.21. The van der Waals surface area contributed by atoms with Gasteiger partial charge in [-0.1, -0.05) is 11.6 Å². The number of rotatable bonds is 2. The van der Waals surface area contributed by atoms with Gasteiger partial charge in [-0.3, -0.25) is 0 Å². The molecular weight excluding hydrogens is 148 g/mol. The van der Waals surface area contributed by atoms with Crippen molar-refractivity contribution in [2.45, 2.75) is 32.2 Å². The van der Waals surface area contributed by atoms with Gasteiger partial charge in [0.2, 0.25) is 0 Å². The lowest BCUT2D eigenvalue weighted by molar-refractivity contribution is 0.231. The molecule has 0 spiro atoms. The Kier molecular flexibility index (Phi) is 3.76. The third-order valence-corrected chi connectivity index (χ3v) is 2.70. The van der Waals surface area contributed by atoms with Crippen LogP contribution in [0.2, 0.25) is 0 Å². The van der Waals surface area contributed by atoms with Gasteiger partial charge in [-0.25, -0.2) is 0 Å². The molecule has 2 nitrogen and oxygen atoms in total. The molecule has 1 aliphatic heterocycles. The number of nitrogens with zero attached hydrogens (tertiary/aromatic N) is 1. The number of piperidine rings is 1. The van der Waals surface area contributed by atoms with E-state index in [0.717, 1.165) is 13.0 Å². The Hall–Kier alpha value is -0.340. The van der Waals surface area contributed by atoms with E-state index < -0.39 is 0 Å². The van der Waals surface area contributed by atoms with Gasteiger partial charge in [-0.2, -0.15) is 0 Å².